The van der Waals surface area contributed by atoms with E-state index in [1.54, 1.807) is 4.90 Å². The molecule has 0 aliphatic carbocycles. The molecule has 0 radical (unpaired) electrons. The highest BCUT2D eigenvalue weighted by atomic mass is 35.5. The van der Waals surface area contributed by atoms with Crippen LogP contribution >= 0.6 is 11.6 Å². The Kier molecular flexibility index (Phi) is 4.47. The van der Waals surface area contributed by atoms with Crippen LogP contribution in [0.4, 0.5) is 0 Å². The van der Waals surface area contributed by atoms with E-state index < -0.39 is 9.84 Å². The minimum absolute atomic E-state index is 0.0614. The molecule has 0 N–H and O–H groups in total. The normalized spacial score (nSPS) is 23.6. The topological polar surface area (TPSA) is 54.5 Å². The van der Waals surface area contributed by atoms with E-state index >= 15 is 0 Å². The van der Waals surface area contributed by atoms with Crippen LogP contribution in [0.5, 0.6) is 0 Å². The molecule has 0 aromatic heterocycles. The van der Waals surface area contributed by atoms with E-state index in [1.807, 2.05) is 20.8 Å². The van der Waals surface area contributed by atoms with E-state index in [2.05, 4.69) is 0 Å². The van der Waals surface area contributed by atoms with Gasteiger partial charge in [-0.25, -0.2) is 8.42 Å². The van der Waals surface area contributed by atoms with Crippen molar-refractivity contribution in [2.45, 2.75) is 33.2 Å². The number of carbonyl (C=O) groups is 1. The van der Waals surface area contributed by atoms with Crippen LogP contribution in [0.15, 0.2) is 0 Å². The fourth-order valence-electron chi connectivity index (χ4n) is 2.03. The highest BCUT2D eigenvalue weighted by Gasteiger charge is 2.35. The van der Waals surface area contributed by atoms with Gasteiger partial charge < -0.3 is 4.90 Å². The van der Waals surface area contributed by atoms with Crippen LogP contribution in [0, 0.1) is 5.41 Å². The van der Waals surface area contributed by atoms with Crippen LogP contribution < -0.4 is 0 Å². The lowest BCUT2D eigenvalue weighted by Gasteiger charge is -2.33. The predicted octanol–water partition coefficient (Wildman–Crippen LogP) is 1.29. The lowest BCUT2D eigenvalue weighted by molar-refractivity contribution is -0.131. The van der Waals surface area contributed by atoms with Crippen molar-refractivity contribution >= 4 is 27.3 Å². The van der Waals surface area contributed by atoms with Crippen molar-refractivity contribution in [3.63, 3.8) is 0 Å². The number of sulfone groups is 1. The molecule has 0 bridgehead atoms. The molecular formula is C11H20ClNO3S. The molecular weight excluding hydrogens is 262 g/mol. The Morgan fingerprint density at radius 1 is 1.41 bits per heavy atom. The average molecular weight is 282 g/mol. The Balaban J connectivity index is 2.81. The zero-order chi connectivity index (χ0) is 13.3. The molecule has 100 valence electrons. The standard InChI is InChI=1S/C11H20ClNO3S/c1-11(2,3)8-13(10(14)6-12)9-4-5-17(15,16)7-9/h9H,4-8H2,1-3H3/t9-/m1/s1. The van der Waals surface area contributed by atoms with Crippen molar-refractivity contribution in [3.05, 3.63) is 0 Å². The highest BCUT2D eigenvalue weighted by molar-refractivity contribution is 7.91. The molecule has 4 nitrogen and oxygen atoms in total. The number of nitrogens with zero attached hydrogens (tertiary/aromatic N) is 1. The van der Waals surface area contributed by atoms with Crippen LogP contribution in [-0.4, -0.2) is 49.2 Å². The van der Waals surface area contributed by atoms with Crippen molar-refractivity contribution in [3.8, 4) is 0 Å². The predicted molar refractivity (Wildman–Crippen MR) is 68.9 cm³/mol. The van der Waals surface area contributed by atoms with Crippen molar-refractivity contribution in [2.24, 2.45) is 5.41 Å². The van der Waals surface area contributed by atoms with Crippen LogP contribution in [0.25, 0.3) is 0 Å². The van der Waals surface area contributed by atoms with E-state index in [0.29, 0.717) is 13.0 Å². The fourth-order valence-corrected chi connectivity index (χ4v) is 3.91. The highest BCUT2D eigenvalue weighted by Crippen LogP contribution is 2.23. The van der Waals surface area contributed by atoms with Crippen LogP contribution in [0.2, 0.25) is 0 Å². The number of hydrogen-bond donors (Lipinski definition) is 0. The second kappa shape index (κ2) is 5.14. The van der Waals surface area contributed by atoms with E-state index in [9.17, 15) is 13.2 Å². The molecule has 0 unspecified atom stereocenters. The zero-order valence-corrected chi connectivity index (χ0v) is 12.1. The van der Waals surface area contributed by atoms with Gasteiger partial charge in [0.1, 0.15) is 5.88 Å². The van der Waals surface area contributed by atoms with Gasteiger partial charge in [0.2, 0.25) is 5.91 Å². The van der Waals surface area contributed by atoms with Gasteiger partial charge in [-0.05, 0) is 11.8 Å². The Bertz CT molecular complexity index is 386. The Hall–Kier alpha value is -0.290. The number of hydrogen-bond acceptors (Lipinski definition) is 3. The molecule has 0 spiro atoms. The average Bonchev–Trinajstić information content (AvgIpc) is 2.52. The van der Waals surface area contributed by atoms with Crippen LogP contribution in [0.3, 0.4) is 0 Å². The van der Waals surface area contributed by atoms with Crippen molar-refractivity contribution < 1.29 is 13.2 Å². The first-order valence-electron chi connectivity index (χ1n) is 5.70. The molecule has 1 heterocycles. The number of alkyl halides is 1. The molecule has 1 fully saturated rings. The Labute approximate surface area is 108 Å². The van der Waals surface area contributed by atoms with Gasteiger partial charge in [0.25, 0.3) is 0 Å². The Morgan fingerprint density at radius 3 is 2.35 bits per heavy atom. The quantitative estimate of drug-likeness (QED) is 0.733. The van der Waals surface area contributed by atoms with Gasteiger partial charge in [0.05, 0.1) is 11.5 Å². The maximum Gasteiger partial charge on any atom is 0.237 e. The molecule has 0 saturated carbocycles. The van der Waals surface area contributed by atoms with Gasteiger partial charge in [-0.15, -0.1) is 11.6 Å². The van der Waals surface area contributed by atoms with E-state index in [1.165, 1.54) is 0 Å². The summed E-state index contributed by atoms with van der Waals surface area (Å²) >= 11 is 5.58. The summed E-state index contributed by atoms with van der Waals surface area (Å²) in [6.45, 7) is 6.60. The van der Waals surface area contributed by atoms with Gasteiger partial charge in [-0.2, -0.15) is 0 Å². The molecule has 1 saturated heterocycles. The largest absolute Gasteiger partial charge is 0.337 e. The van der Waals surface area contributed by atoms with E-state index in [4.69, 9.17) is 11.6 Å². The molecule has 0 aromatic rings. The maximum atomic E-state index is 11.8. The lowest BCUT2D eigenvalue weighted by Crippen LogP contribution is -2.46. The summed E-state index contributed by atoms with van der Waals surface area (Å²) in [5.74, 6) is -0.0182. The molecule has 1 aliphatic heterocycles. The lowest BCUT2D eigenvalue weighted by atomic mass is 9.95. The monoisotopic (exact) mass is 281 g/mol. The number of amides is 1. The minimum atomic E-state index is -2.97. The minimum Gasteiger partial charge on any atom is -0.337 e. The smallest absolute Gasteiger partial charge is 0.237 e. The van der Waals surface area contributed by atoms with Gasteiger partial charge in [-0.3, -0.25) is 4.79 Å². The third kappa shape index (κ3) is 4.47. The van der Waals surface area contributed by atoms with Crippen LogP contribution in [0.1, 0.15) is 27.2 Å². The van der Waals surface area contributed by atoms with Gasteiger partial charge >= 0.3 is 0 Å². The number of rotatable bonds is 3. The molecule has 1 rings (SSSR count). The van der Waals surface area contributed by atoms with Gasteiger partial charge in [-0.1, -0.05) is 20.8 Å². The summed E-state index contributed by atoms with van der Waals surface area (Å²) in [6, 6.07) is -0.203. The summed E-state index contributed by atoms with van der Waals surface area (Å²) in [5.41, 5.74) is -0.0614. The molecule has 6 heteroatoms. The van der Waals surface area contributed by atoms with Crippen LogP contribution in [-0.2, 0) is 14.6 Å². The first-order valence-corrected chi connectivity index (χ1v) is 8.06. The maximum absolute atomic E-state index is 11.8. The molecule has 1 amide bonds. The second-order valence-corrected chi connectivity index (χ2v) is 8.27. The first kappa shape index (κ1) is 14.8. The van der Waals surface area contributed by atoms with Gasteiger partial charge in [0, 0.05) is 12.6 Å². The van der Waals surface area contributed by atoms with E-state index in [-0.39, 0.29) is 34.7 Å². The van der Waals surface area contributed by atoms with Gasteiger partial charge in [0.15, 0.2) is 9.84 Å². The second-order valence-electron chi connectivity index (χ2n) is 5.77. The first-order chi connectivity index (χ1) is 7.64. The molecule has 1 aliphatic rings. The summed E-state index contributed by atoms with van der Waals surface area (Å²) in [6.07, 6.45) is 0.529. The van der Waals surface area contributed by atoms with Crippen molar-refractivity contribution in [1.29, 1.82) is 0 Å². The number of halogens is 1. The summed E-state index contributed by atoms with van der Waals surface area (Å²) in [7, 11) is -2.97. The summed E-state index contributed by atoms with van der Waals surface area (Å²) in [4.78, 5) is 13.4. The molecule has 0 aromatic carbocycles. The third-order valence-electron chi connectivity index (χ3n) is 2.73. The SMILES string of the molecule is CC(C)(C)CN(C(=O)CCl)[C@@H]1CCS(=O)(=O)C1. The molecule has 17 heavy (non-hydrogen) atoms. The van der Waals surface area contributed by atoms with Crippen molar-refractivity contribution in [1.82, 2.24) is 4.90 Å². The fraction of sp³-hybridized carbons (Fsp3) is 0.909. The summed E-state index contributed by atoms with van der Waals surface area (Å²) < 4.78 is 22.9. The zero-order valence-electron chi connectivity index (χ0n) is 10.6. The number of carbonyl (C=O) groups excluding carboxylic acids is 1. The summed E-state index contributed by atoms with van der Waals surface area (Å²) in [5, 5.41) is 0. The van der Waals surface area contributed by atoms with Crippen molar-refractivity contribution in [2.75, 3.05) is 23.9 Å². The molecule has 1 atom stereocenters. The Morgan fingerprint density at radius 2 is 2.00 bits per heavy atom. The third-order valence-corrected chi connectivity index (χ3v) is 4.71. The van der Waals surface area contributed by atoms with E-state index in [0.717, 1.165) is 0 Å².